The van der Waals surface area contributed by atoms with Crippen molar-refractivity contribution in [3.8, 4) is 44.0 Å². The lowest BCUT2D eigenvalue weighted by Crippen LogP contribution is -2.26. The average Bonchev–Trinajstić information content (AvgIpc) is 3.89. The fourth-order valence-corrected chi connectivity index (χ4v) is 11.7. The molecule has 0 saturated carbocycles. The summed E-state index contributed by atoms with van der Waals surface area (Å²) in [5, 5.41) is 11.5. The Bertz CT molecular complexity index is 3500. The molecule has 2 aromatic heterocycles. The summed E-state index contributed by atoms with van der Waals surface area (Å²) < 4.78 is 1.33. The van der Waals surface area contributed by atoms with Crippen molar-refractivity contribution in [3.05, 3.63) is 210 Å². The Kier molecular flexibility index (Phi) is 6.04. The van der Waals surface area contributed by atoms with Crippen LogP contribution < -0.4 is 0 Å². The lowest BCUT2D eigenvalue weighted by Gasteiger charge is -2.30. The van der Waals surface area contributed by atoms with E-state index in [0.29, 0.717) is 0 Å². The normalized spacial score (nSPS) is 15.2. The Hall–Kier alpha value is -6.87. The van der Waals surface area contributed by atoms with E-state index in [2.05, 4.69) is 182 Å². The first-order chi connectivity index (χ1) is 27.8. The van der Waals surface area contributed by atoms with Crippen molar-refractivity contribution in [2.45, 2.75) is 5.41 Å². The summed E-state index contributed by atoms with van der Waals surface area (Å²) in [5.74, 6) is 0. The number of aromatic nitrogens is 1. The monoisotopic (exact) mass is 725 g/mol. The van der Waals surface area contributed by atoms with E-state index in [1.165, 1.54) is 114 Å². The maximum absolute atomic E-state index is 5.11. The van der Waals surface area contributed by atoms with Gasteiger partial charge in [0.1, 0.15) is 0 Å². The van der Waals surface area contributed by atoms with Gasteiger partial charge in [-0.3, -0.25) is 4.98 Å². The van der Waals surface area contributed by atoms with Crippen molar-refractivity contribution in [2.24, 2.45) is 0 Å². The molecule has 9 aromatic carbocycles. The van der Waals surface area contributed by atoms with Crippen molar-refractivity contribution in [2.75, 3.05) is 0 Å². The minimum absolute atomic E-state index is 0.464. The molecule has 2 heteroatoms. The molecule has 1 nitrogen and oxygen atoms in total. The lowest BCUT2D eigenvalue weighted by molar-refractivity contribution is 0.800. The molecule has 0 amide bonds. The fraction of sp³-hybridized carbons (Fsp3) is 0.0185. The van der Waals surface area contributed by atoms with Gasteiger partial charge in [-0.15, -0.1) is 11.3 Å². The highest BCUT2D eigenvalue weighted by Crippen LogP contribution is 2.66. The summed E-state index contributed by atoms with van der Waals surface area (Å²) in [4.78, 5) is 6.49. The predicted octanol–water partition coefficient (Wildman–Crippen LogP) is 14.6. The molecule has 1 atom stereocenters. The molecule has 11 aromatic rings. The Morgan fingerprint density at radius 2 is 0.982 bits per heavy atom. The van der Waals surface area contributed by atoms with E-state index in [1.54, 1.807) is 0 Å². The molecule has 258 valence electrons. The molecular formula is C54H31NS. The van der Waals surface area contributed by atoms with Gasteiger partial charge >= 0.3 is 0 Å². The maximum atomic E-state index is 5.11. The minimum atomic E-state index is -0.464. The van der Waals surface area contributed by atoms with Crippen LogP contribution in [0.2, 0.25) is 0 Å². The molecule has 56 heavy (non-hydrogen) atoms. The van der Waals surface area contributed by atoms with E-state index in [1.807, 2.05) is 17.5 Å². The third-order valence-corrected chi connectivity index (χ3v) is 13.9. The van der Waals surface area contributed by atoms with Crippen LogP contribution in [0.4, 0.5) is 0 Å². The highest BCUT2D eigenvalue weighted by atomic mass is 32.1. The summed E-state index contributed by atoms with van der Waals surface area (Å²) in [6.45, 7) is 0. The number of fused-ring (bicyclic) bond motifs is 18. The summed E-state index contributed by atoms with van der Waals surface area (Å²) in [6.07, 6.45) is 1.96. The number of pyridine rings is 1. The van der Waals surface area contributed by atoms with Crippen LogP contribution in [-0.4, -0.2) is 4.98 Å². The largest absolute Gasteiger partial charge is 0.256 e. The summed E-state index contributed by atoms with van der Waals surface area (Å²) in [5.41, 5.74) is 13.5. The van der Waals surface area contributed by atoms with Gasteiger partial charge in [0.25, 0.3) is 0 Å². The van der Waals surface area contributed by atoms with Crippen molar-refractivity contribution < 1.29 is 0 Å². The zero-order valence-corrected chi connectivity index (χ0v) is 31.1. The number of rotatable bonds is 2. The molecule has 0 fully saturated rings. The number of thiophene rings is 1. The molecule has 2 aliphatic carbocycles. The van der Waals surface area contributed by atoms with Crippen LogP contribution in [0.15, 0.2) is 188 Å². The molecule has 1 unspecified atom stereocenters. The molecule has 0 aliphatic heterocycles. The number of hydrogen-bond acceptors (Lipinski definition) is 2. The topological polar surface area (TPSA) is 12.9 Å². The molecule has 2 aliphatic rings. The van der Waals surface area contributed by atoms with E-state index < -0.39 is 5.41 Å². The van der Waals surface area contributed by atoms with Crippen molar-refractivity contribution in [1.82, 2.24) is 4.98 Å². The van der Waals surface area contributed by atoms with E-state index in [-0.39, 0.29) is 0 Å². The number of hydrogen-bond donors (Lipinski definition) is 0. The van der Waals surface area contributed by atoms with Gasteiger partial charge in [-0.1, -0.05) is 146 Å². The maximum Gasteiger partial charge on any atom is 0.0756 e. The van der Waals surface area contributed by atoms with Gasteiger partial charge in [-0.05, 0) is 135 Å². The van der Waals surface area contributed by atoms with Crippen LogP contribution in [0.5, 0.6) is 0 Å². The third kappa shape index (κ3) is 3.86. The minimum Gasteiger partial charge on any atom is -0.256 e. The molecule has 0 saturated heterocycles. The lowest BCUT2D eigenvalue weighted by atomic mass is 9.70. The second-order valence-electron chi connectivity index (χ2n) is 15.4. The third-order valence-electron chi connectivity index (χ3n) is 12.7. The van der Waals surface area contributed by atoms with Crippen LogP contribution in [0.3, 0.4) is 0 Å². The van der Waals surface area contributed by atoms with Crippen molar-refractivity contribution >= 4 is 64.5 Å². The van der Waals surface area contributed by atoms with E-state index in [0.717, 1.165) is 5.69 Å². The molecule has 13 rings (SSSR count). The smallest absolute Gasteiger partial charge is 0.0756 e. The highest BCUT2D eigenvalue weighted by Gasteiger charge is 2.54. The standard InChI is InChI=1S/C54H31NS/c1-2-13-33-28-34(24-23-32(33)12-1)43-30-45-39-17-6-4-15-37(39)44(31-46(45)38-16-5-3-14-36(38)43)35-25-26-40-49(29-35)54(48-21-11-27-55-52(40)48)47-20-9-7-18-41(47)53-51(54)42-19-8-10-22-50(42)56-53/h1-31H. The Morgan fingerprint density at radius 3 is 1.77 bits per heavy atom. The zero-order chi connectivity index (χ0) is 36.5. The van der Waals surface area contributed by atoms with Crippen LogP contribution in [0, 0.1) is 0 Å². The van der Waals surface area contributed by atoms with Crippen LogP contribution in [0.1, 0.15) is 22.3 Å². The van der Waals surface area contributed by atoms with Gasteiger partial charge in [-0.2, -0.15) is 0 Å². The number of nitrogens with zero attached hydrogens (tertiary/aromatic N) is 1. The van der Waals surface area contributed by atoms with Crippen LogP contribution in [-0.2, 0) is 5.41 Å². The van der Waals surface area contributed by atoms with Gasteiger partial charge in [0.15, 0.2) is 0 Å². The summed E-state index contributed by atoms with van der Waals surface area (Å²) in [7, 11) is 0. The molecule has 0 radical (unpaired) electrons. The second kappa shape index (κ2) is 11.1. The number of benzene rings is 9. The van der Waals surface area contributed by atoms with Gasteiger partial charge in [0, 0.05) is 21.3 Å². The Balaban J connectivity index is 1.11. The molecule has 0 bridgehead atoms. The van der Waals surface area contributed by atoms with E-state index in [9.17, 15) is 0 Å². The van der Waals surface area contributed by atoms with Crippen molar-refractivity contribution in [3.63, 3.8) is 0 Å². The van der Waals surface area contributed by atoms with Crippen LogP contribution >= 0.6 is 11.3 Å². The SMILES string of the molecule is c1ccc2c(c1)-c1sc3ccccc3c1C21c2cc(-c3cc4c5ccccc5c(-c5ccc6ccccc6c5)cc4c4ccccc34)ccc2-c2ncccc21. The fourth-order valence-electron chi connectivity index (χ4n) is 10.4. The predicted molar refractivity (Wildman–Crippen MR) is 237 cm³/mol. The summed E-state index contributed by atoms with van der Waals surface area (Å²) >= 11 is 1.92. The molecular weight excluding hydrogens is 695 g/mol. The molecule has 0 N–H and O–H groups in total. The average molecular weight is 726 g/mol. The first-order valence-corrected chi connectivity index (χ1v) is 20.2. The van der Waals surface area contributed by atoms with Crippen molar-refractivity contribution in [1.29, 1.82) is 0 Å². The quantitative estimate of drug-likeness (QED) is 0.162. The van der Waals surface area contributed by atoms with E-state index in [4.69, 9.17) is 4.98 Å². The van der Waals surface area contributed by atoms with Gasteiger partial charge < -0.3 is 0 Å². The van der Waals surface area contributed by atoms with E-state index >= 15 is 0 Å². The molecule has 2 heterocycles. The Labute approximate surface area is 327 Å². The second-order valence-corrected chi connectivity index (χ2v) is 16.4. The highest BCUT2D eigenvalue weighted by molar-refractivity contribution is 7.22. The summed E-state index contributed by atoms with van der Waals surface area (Å²) in [6, 6.07) is 68.1. The Morgan fingerprint density at radius 1 is 0.375 bits per heavy atom. The molecule has 1 spiro atoms. The first kappa shape index (κ1) is 30.5. The zero-order valence-electron chi connectivity index (χ0n) is 30.3. The van der Waals surface area contributed by atoms with Gasteiger partial charge in [0.05, 0.1) is 11.1 Å². The first-order valence-electron chi connectivity index (χ1n) is 19.4. The van der Waals surface area contributed by atoms with Gasteiger partial charge in [0.2, 0.25) is 0 Å². The van der Waals surface area contributed by atoms with Crippen LogP contribution in [0.25, 0.3) is 97.1 Å². The van der Waals surface area contributed by atoms with Gasteiger partial charge in [-0.25, -0.2) is 0 Å².